The second kappa shape index (κ2) is 11.8. The van der Waals surface area contributed by atoms with Crippen molar-refractivity contribution in [3.63, 3.8) is 0 Å². The standard InChI is InChI=1S/C23H33N3O7/c1-13(2)20(25-21(30)16-7-5-9-18(33-4)14(16)3)23(32)26-10-6-8-17(26)22(31)24-15(12-27)11-19(28)29/h5,7,9,12-13,15,17,20,23,32H,6,8,10-11H2,1-4H3,(H,24,31)(H,25,30)(H,28,29)/t15-,17-,20-,23?/m0/s1. The van der Waals surface area contributed by atoms with Gasteiger partial charge in [0.25, 0.3) is 5.91 Å². The number of likely N-dealkylation sites (tertiary alicyclic amines) is 1. The molecule has 2 rings (SSSR count). The summed E-state index contributed by atoms with van der Waals surface area (Å²) in [5.41, 5.74) is 1.09. The molecule has 33 heavy (non-hydrogen) atoms. The molecule has 10 heteroatoms. The van der Waals surface area contributed by atoms with Crippen molar-refractivity contribution in [2.45, 2.75) is 64.4 Å². The van der Waals surface area contributed by atoms with Crippen LogP contribution in [0, 0.1) is 12.8 Å². The average molecular weight is 464 g/mol. The van der Waals surface area contributed by atoms with E-state index in [1.807, 2.05) is 13.8 Å². The van der Waals surface area contributed by atoms with E-state index in [-0.39, 0.29) is 11.8 Å². The van der Waals surface area contributed by atoms with Crippen LogP contribution >= 0.6 is 0 Å². The zero-order valence-electron chi connectivity index (χ0n) is 19.4. The Morgan fingerprint density at radius 3 is 2.55 bits per heavy atom. The number of nitrogens with zero attached hydrogens (tertiary/aromatic N) is 1. The van der Waals surface area contributed by atoms with Crippen molar-refractivity contribution < 1.29 is 34.1 Å². The molecule has 1 unspecified atom stereocenters. The molecule has 2 amide bonds. The SMILES string of the molecule is COc1cccc(C(=O)N[C@@H](C(C)C)C(O)N2CCC[C@H]2C(=O)N[C@H](C=O)CC(=O)O)c1C. The van der Waals surface area contributed by atoms with E-state index in [9.17, 15) is 24.3 Å². The Kier molecular flexibility index (Phi) is 9.36. The number of hydrogen-bond donors (Lipinski definition) is 4. The molecule has 1 aromatic carbocycles. The number of ether oxygens (including phenoxy) is 1. The molecule has 1 fully saturated rings. The fourth-order valence-corrected chi connectivity index (χ4v) is 4.09. The maximum Gasteiger partial charge on any atom is 0.305 e. The summed E-state index contributed by atoms with van der Waals surface area (Å²) >= 11 is 0. The summed E-state index contributed by atoms with van der Waals surface area (Å²) in [7, 11) is 1.52. The highest BCUT2D eigenvalue weighted by Crippen LogP contribution is 2.25. The molecule has 0 saturated carbocycles. The average Bonchev–Trinajstić information content (AvgIpc) is 3.26. The van der Waals surface area contributed by atoms with E-state index in [1.54, 1.807) is 30.0 Å². The Morgan fingerprint density at radius 2 is 1.97 bits per heavy atom. The van der Waals surface area contributed by atoms with Crippen LogP contribution in [-0.2, 0) is 14.4 Å². The molecule has 1 aliphatic rings. The third kappa shape index (κ3) is 6.52. The van der Waals surface area contributed by atoms with Gasteiger partial charge in [-0.2, -0.15) is 0 Å². The van der Waals surface area contributed by atoms with Crippen LogP contribution in [0.5, 0.6) is 5.75 Å². The number of carboxylic acid groups (broad SMARTS) is 1. The molecule has 1 heterocycles. The number of carbonyl (C=O) groups is 4. The first-order chi connectivity index (χ1) is 15.6. The largest absolute Gasteiger partial charge is 0.496 e. The van der Waals surface area contributed by atoms with Crippen LogP contribution < -0.4 is 15.4 Å². The molecule has 1 aromatic rings. The number of aliphatic hydroxyl groups is 1. The molecule has 0 bridgehead atoms. The first-order valence-corrected chi connectivity index (χ1v) is 11.0. The van der Waals surface area contributed by atoms with Gasteiger partial charge in [0.2, 0.25) is 5.91 Å². The summed E-state index contributed by atoms with van der Waals surface area (Å²) in [6.45, 7) is 5.90. The summed E-state index contributed by atoms with van der Waals surface area (Å²) in [6, 6.07) is 2.57. The van der Waals surface area contributed by atoms with Crippen LogP contribution in [0.1, 0.15) is 49.0 Å². The molecular weight excluding hydrogens is 430 g/mol. The number of nitrogens with one attached hydrogen (secondary N) is 2. The lowest BCUT2D eigenvalue weighted by Gasteiger charge is -2.36. The molecule has 4 N–H and O–H groups in total. The highest BCUT2D eigenvalue weighted by Gasteiger charge is 2.40. The minimum absolute atomic E-state index is 0.158. The lowest BCUT2D eigenvalue weighted by Crippen LogP contribution is -2.58. The minimum Gasteiger partial charge on any atom is -0.496 e. The Labute approximate surface area is 193 Å². The third-order valence-electron chi connectivity index (χ3n) is 5.91. The predicted molar refractivity (Wildman–Crippen MR) is 120 cm³/mol. The number of carbonyl (C=O) groups excluding carboxylic acids is 3. The van der Waals surface area contributed by atoms with Gasteiger partial charge in [0.1, 0.15) is 18.3 Å². The lowest BCUT2D eigenvalue weighted by molar-refractivity contribution is -0.139. The molecule has 0 aliphatic carbocycles. The highest BCUT2D eigenvalue weighted by molar-refractivity contribution is 5.96. The summed E-state index contributed by atoms with van der Waals surface area (Å²) in [5, 5.41) is 25.4. The number of benzene rings is 1. The van der Waals surface area contributed by atoms with Crippen molar-refractivity contribution >= 4 is 24.1 Å². The first kappa shape index (κ1) is 26.3. The van der Waals surface area contributed by atoms with Gasteiger partial charge in [-0.1, -0.05) is 19.9 Å². The third-order valence-corrected chi connectivity index (χ3v) is 5.91. The van der Waals surface area contributed by atoms with Gasteiger partial charge >= 0.3 is 5.97 Å². The lowest BCUT2D eigenvalue weighted by atomic mass is 9.99. The van der Waals surface area contributed by atoms with Gasteiger partial charge in [0.05, 0.1) is 31.7 Å². The van der Waals surface area contributed by atoms with Crippen molar-refractivity contribution in [3.8, 4) is 5.75 Å². The van der Waals surface area contributed by atoms with E-state index >= 15 is 0 Å². The van der Waals surface area contributed by atoms with Crippen LogP contribution in [0.4, 0.5) is 0 Å². The van der Waals surface area contributed by atoms with Crippen LogP contribution in [0.15, 0.2) is 18.2 Å². The van der Waals surface area contributed by atoms with Gasteiger partial charge in [0, 0.05) is 17.7 Å². The molecule has 10 nitrogen and oxygen atoms in total. The smallest absolute Gasteiger partial charge is 0.305 e. The van der Waals surface area contributed by atoms with E-state index in [4.69, 9.17) is 9.84 Å². The Morgan fingerprint density at radius 1 is 1.27 bits per heavy atom. The Hall–Kier alpha value is -2.98. The van der Waals surface area contributed by atoms with E-state index in [0.29, 0.717) is 42.5 Å². The first-order valence-electron chi connectivity index (χ1n) is 11.0. The highest BCUT2D eigenvalue weighted by atomic mass is 16.5. The summed E-state index contributed by atoms with van der Waals surface area (Å²) in [5.74, 6) is -1.68. The van der Waals surface area contributed by atoms with Gasteiger partial charge in [-0.05, 0) is 37.8 Å². The molecular formula is C23H33N3O7. The van der Waals surface area contributed by atoms with E-state index < -0.39 is 42.7 Å². The van der Waals surface area contributed by atoms with Crippen molar-refractivity contribution in [1.82, 2.24) is 15.5 Å². The summed E-state index contributed by atoms with van der Waals surface area (Å²) in [4.78, 5) is 49.3. The van der Waals surface area contributed by atoms with Crippen LogP contribution in [0.25, 0.3) is 0 Å². The maximum absolute atomic E-state index is 13.0. The number of aldehydes is 1. The van der Waals surface area contributed by atoms with E-state index in [1.165, 1.54) is 7.11 Å². The zero-order valence-corrected chi connectivity index (χ0v) is 19.4. The van der Waals surface area contributed by atoms with Gasteiger partial charge in [-0.15, -0.1) is 0 Å². The van der Waals surface area contributed by atoms with E-state index in [0.717, 1.165) is 0 Å². The monoisotopic (exact) mass is 463 g/mol. The number of methoxy groups -OCH3 is 1. The summed E-state index contributed by atoms with van der Waals surface area (Å²) in [6.07, 6.45) is -0.222. The fraction of sp³-hybridized carbons (Fsp3) is 0.565. The summed E-state index contributed by atoms with van der Waals surface area (Å²) < 4.78 is 5.28. The zero-order chi connectivity index (χ0) is 24.7. The second-order valence-electron chi connectivity index (χ2n) is 8.53. The number of hydrogen-bond acceptors (Lipinski definition) is 7. The number of rotatable bonds is 11. The Bertz CT molecular complexity index is 874. The molecule has 1 saturated heterocycles. The molecule has 0 spiro atoms. The van der Waals surface area contributed by atoms with Gasteiger partial charge in [0.15, 0.2) is 0 Å². The quantitative estimate of drug-likeness (QED) is 0.351. The van der Waals surface area contributed by atoms with Crippen LogP contribution in [0.2, 0.25) is 0 Å². The van der Waals surface area contributed by atoms with Crippen LogP contribution in [0.3, 0.4) is 0 Å². The molecule has 1 aliphatic heterocycles. The van der Waals surface area contributed by atoms with Gasteiger partial charge in [-0.3, -0.25) is 19.3 Å². The second-order valence-corrected chi connectivity index (χ2v) is 8.53. The topological polar surface area (TPSA) is 145 Å². The molecule has 182 valence electrons. The molecule has 0 radical (unpaired) electrons. The fourth-order valence-electron chi connectivity index (χ4n) is 4.09. The Balaban J connectivity index is 2.16. The van der Waals surface area contributed by atoms with Gasteiger partial charge in [-0.25, -0.2) is 0 Å². The minimum atomic E-state index is -1.20. The normalized spacial score (nSPS) is 18.9. The van der Waals surface area contributed by atoms with Crippen molar-refractivity contribution in [2.24, 2.45) is 5.92 Å². The molecule has 4 atom stereocenters. The number of aliphatic hydroxyl groups excluding tert-OH is 1. The van der Waals surface area contributed by atoms with Crippen molar-refractivity contribution in [2.75, 3.05) is 13.7 Å². The predicted octanol–water partition coefficient (Wildman–Crippen LogP) is 0.699. The van der Waals surface area contributed by atoms with Gasteiger partial charge < -0.3 is 30.4 Å². The number of aliphatic carboxylic acids is 1. The van der Waals surface area contributed by atoms with Crippen LogP contribution in [-0.4, -0.2) is 77.2 Å². The van der Waals surface area contributed by atoms with E-state index in [2.05, 4.69) is 10.6 Å². The maximum atomic E-state index is 13.0. The van der Waals surface area contributed by atoms with Crippen molar-refractivity contribution in [1.29, 1.82) is 0 Å². The number of amides is 2. The number of carboxylic acids is 1. The van der Waals surface area contributed by atoms with Crippen molar-refractivity contribution in [3.05, 3.63) is 29.3 Å². The molecule has 0 aromatic heterocycles.